The second-order valence-electron chi connectivity index (χ2n) is 3.68. The number of hydrogen-bond donors (Lipinski definition) is 4. The van der Waals surface area contributed by atoms with Gasteiger partial charge in [-0.2, -0.15) is 0 Å². The SMILES string of the molecule is CCC(O)(O)C(O)(O)C(C)(C)C=O. The van der Waals surface area contributed by atoms with E-state index in [0.29, 0.717) is 0 Å². The minimum absolute atomic E-state index is 0.268. The van der Waals surface area contributed by atoms with Crippen LogP contribution in [0.15, 0.2) is 0 Å². The summed E-state index contributed by atoms with van der Waals surface area (Å²) in [4.78, 5) is 10.5. The third kappa shape index (κ3) is 1.88. The second-order valence-corrected chi connectivity index (χ2v) is 3.68. The van der Waals surface area contributed by atoms with Crippen molar-refractivity contribution >= 4 is 6.29 Å². The van der Waals surface area contributed by atoms with Crippen LogP contribution in [0.3, 0.4) is 0 Å². The molecule has 0 aromatic heterocycles. The van der Waals surface area contributed by atoms with Crippen molar-refractivity contribution in [2.45, 2.75) is 38.8 Å². The van der Waals surface area contributed by atoms with Gasteiger partial charge < -0.3 is 25.2 Å². The normalized spacial score (nSPS) is 14.4. The number of aliphatic hydroxyl groups is 4. The topological polar surface area (TPSA) is 98.0 Å². The van der Waals surface area contributed by atoms with E-state index in [2.05, 4.69) is 0 Å². The molecule has 0 amide bonds. The van der Waals surface area contributed by atoms with Crippen molar-refractivity contribution in [1.29, 1.82) is 0 Å². The maximum Gasteiger partial charge on any atom is 0.230 e. The third-order valence-corrected chi connectivity index (χ3v) is 2.24. The lowest BCUT2D eigenvalue weighted by Gasteiger charge is -2.42. The van der Waals surface area contributed by atoms with Gasteiger partial charge in [0.05, 0.1) is 5.41 Å². The van der Waals surface area contributed by atoms with Gasteiger partial charge in [-0.05, 0) is 13.8 Å². The quantitative estimate of drug-likeness (QED) is 0.338. The largest absolute Gasteiger partial charge is 0.361 e. The molecule has 78 valence electrons. The standard InChI is InChI=1S/C8H16O5/c1-4-7(10,11)8(12,13)6(2,3)5-9/h5,10-13H,4H2,1-3H3. The molecular weight excluding hydrogens is 176 g/mol. The highest BCUT2D eigenvalue weighted by molar-refractivity contribution is 5.60. The lowest BCUT2D eigenvalue weighted by atomic mass is 9.79. The summed E-state index contributed by atoms with van der Waals surface area (Å²) in [6.45, 7) is 3.77. The predicted octanol–water partition coefficient (Wildman–Crippen LogP) is -1.02. The van der Waals surface area contributed by atoms with E-state index in [0.717, 1.165) is 0 Å². The molecule has 0 atom stereocenters. The molecule has 0 heterocycles. The first-order valence-corrected chi connectivity index (χ1v) is 3.98. The van der Waals surface area contributed by atoms with Crippen molar-refractivity contribution in [1.82, 2.24) is 0 Å². The lowest BCUT2D eigenvalue weighted by molar-refractivity contribution is -0.385. The van der Waals surface area contributed by atoms with Crippen molar-refractivity contribution in [2.24, 2.45) is 5.41 Å². The highest BCUT2D eigenvalue weighted by Gasteiger charge is 2.56. The zero-order valence-corrected chi connectivity index (χ0v) is 7.98. The lowest BCUT2D eigenvalue weighted by Crippen LogP contribution is -2.62. The number of hydrogen-bond acceptors (Lipinski definition) is 5. The van der Waals surface area contributed by atoms with Crippen LogP contribution in [0.25, 0.3) is 0 Å². The molecule has 0 bridgehead atoms. The molecule has 0 fully saturated rings. The fourth-order valence-corrected chi connectivity index (χ4v) is 0.845. The Morgan fingerprint density at radius 1 is 1.15 bits per heavy atom. The molecule has 0 radical (unpaired) electrons. The first kappa shape index (κ1) is 12.5. The van der Waals surface area contributed by atoms with Crippen LogP contribution in [0.2, 0.25) is 0 Å². The Balaban J connectivity index is 5.06. The number of aldehydes is 1. The molecule has 0 saturated heterocycles. The zero-order valence-electron chi connectivity index (χ0n) is 7.98. The summed E-state index contributed by atoms with van der Waals surface area (Å²) >= 11 is 0. The van der Waals surface area contributed by atoms with Gasteiger partial charge in [0.1, 0.15) is 6.29 Å². The van der Waals surface area contributed by atoms with E-state index in [9.17, 15) is 25.2 Å². The summed E-state index contributed by atoms with van der Waals surface area (Å²) in [5.41, 5.74) is -1.65. The number of rotatable bonds is 4. The van der Waals surface area contributed by atoms with Crippen molar-refractivity contribution in [2.75, 3.05) is 0 Å². The van der Waals surface area contributed by atoms with E-state index in [-0.39, 0.29) is 12.7 Å². The highest BCUT2D eigenvalue weighted by atomic mass is 16.6. The van der Waals surface area contributed by atoms with Crippen molar-refractivity contribution in [3.8, 4) is 0 Å². The average molecular weight is 192 g/mol. The Morgan fingerprint density at radius 2 is 1.54 bits per heavy atom. The summed E-state index contributed by atoms with van der Waals surface area (Å²) in [5, 5.41) is 37.2. The van der Waals surface area contributed by atoms with Crippen LogP contribution in [0.4, 0.5) is 0 Å². The summed E-state index contributed by atoms with van der Waals surface area (Å²) < 4.78 is 0. The minimum Gasteiger partial charge on any atom is -0.361 e. The van der Waals surface area contributed by atoms with E-state index in [1.165, 1.54) is 20.8 Å². The van der Waals surface area contributed by atoms with Gasteiger partial charge in [-0.15, -0.1) is 0 Å². The Bertz CT molecular complexity index is 195. The molecule has 0 spiro atoms. The Hall–Kier alpha value is -0.490. The Labute approximate surface area is 76.6 Å². The third-order valence-electron chi connectivity index (χ3n) is 2.24. The molecule has 0 unspecified atom stereocenters. The van der Waals surface area contributed by atoms with Crippen LogP contribution < -0.4 is 0 Å². The zero-order chi connectivity index (χ0) is 10.9. The van der Waals surface area contributed by atoms with Crippen LogP contribution in [0.1, 0.15) is 27.2 Å². The molecular formula is C8H16O5. The van der Waals surface area contributed by atoms with Gasteiger partial charge in [-0.3, -0.25) is 0 Å². The van der Waals surface area contributed by atoms with E-state index < -0.39 is 17.0 Å². The predicted molar refractivity (Wildman–Crippen MR) is 44.5 cm³/mol. The molecule has 5 nitrogen and oxygen atoms in total. The van der Waals surface area contributed by atoms with Gasteiger partial charge in [0.25, 0.3) is 0 Å². The van der Waals surface area contributed by atoms with E-state index in [1.807, 2.05) is 0 Å². The Kier molecular flexibility index (Phi) is 3.21. The smallest absolute Gasteiger partial charge is 0.230 e. The summed E-state index contributed by atoms with van der Waals surface area (Å²) in [6, 6.07) is 0. The summed E-state index contributed by atoms with van der Waals surface area (Å²) in [5.74, 6) is -5.56. The van der Waals surface area contributed by atoms with Crippen molar-refractivity contribution in [3.05, 3.63) is 0 Å². The maximum absolute atomic E-state index is 10.5. The van der Waals surface area contributed by atoms with E-state index in [1.54, 1.807) is 0 Å². The summed E-state index contributed by atoms with van der Waals surface area (Å²) in [7, 11) is 0. The average Bonchev–Trinajstić information content (AvgIpc) is 2.03. The van der Waals surface area contributed by atoms with E-state index in [4.69, 9.17) is 0 Å². The summed E-state index contributed by atoms with van der Waals surface area (Å²) in [6.07, 6.45) is -0.0267. The molecule has 5 heteroatoms. The van der Waals surface area contributed by atoms with Crippen LogP contribution in [0.5, 0.6) is 0 Å². The molecule has 0 aliphatic rings. The van der Waals surface area contributed by atoms with Crippen molar-refractivity contribution < 1.29 is 25.2 Å². The molecule has 0 aromatic rings. The molecule has 0 aliphatic carbocycles. The van der Waals surface area contributed by atoms with Crippen LogP contribution in [-0.2, 0) is 4.79 Å². The molecule has 0 rings (SSSR count). The Morgan fingerprint density at radius 3 is 1.77 bits per heavy atom. The molecule has 0 aromatic carbocycles. The number of carbonyl (C=O) groups excluding carboxylic acids is 1. The van der Waals surface area contributed by atoms with Crippen molar-refractivity contribution in [3.63, 3.8) is 0 Å². The first-order valence-electron chi connectivity index (χ1n) is 3.98. The van der Waals surface area contributed by atoms with E-state index >= 15 is 0 Å². The molecule has 0 aliphatic heterocycles. The van der Waals surface area contributed by atoms with Gasteiger partial charge in [0.2, 0.25) is 11.6 Å². The van der Waals surface area contributed by atoms with Gasteiger partial charge >= 0.3 is 0 Å². The molecule has 4 N–H and O–H groups in total. The maximum atomic E-state index is 10.5. The first-order chi connectivity index (χ1) is 5.62. The highest BCUT2D eigenvalue weighted by Crippen LogP contribution is 2.35. The van der Waals surface area contributed by atoms with Crippen LogP contribution in [0, 0.1) is 5.41 Å². The van der Waals surface area contributed by atoms with Gasteiger partial charge in [0.15, 0.2) is 0 Å². The fourth-order valence-electron chi connectivity index (χ4n) is 0.845. The minimum atomic E-state index is -2.86. The monoisotopic (exact) mass is 192 g/mol. The van der Waals surface area contributed by atoms with Crippen LogP contribution in [-0.4, -0.2) is 38.3 Å². The number of carbonyl (C=O) groups is 1. The fraction of sp³-hybridized carbons (Fsp3) is 0.875. The molecule has 13 heavy (non-hydrogen) atoms. The van der Waals surface area contributed by atoms with Gasteiger partial charge in [0, 0.05) is 6.42 Å². The van der Waals surface area contributed by atoms with Gasteiger partial charge in [-0.1, -0.05) is 6.92 Å². The van der Waals surface area contributed by atoms with Gasteiger partial charge in [-0.25, -0.2) is 0 Å². The molecule has 0 saturated carbocycles. The second kappa shape index (κ2) is 3.34. The van der Waals surface area contributed by atoms with Crippen LogP contribution >= 0.6 is 0 Å².